The highest BCUT2D eigenvalue weighted by atomic mass is 127. The number of aromatic nitrogens is 1. The van der Waals surface area contributed by atoms with Crippen LogP contribution in [0.25, 0.3) is 0 Å². The molecule has 0 atom stereocenters. The van der Waals surface area contributed by atoms with Gasteiger partial charge in [0.2, 0.25) is 3.70 Å². The van der Waals surface area contributed by atoms with Crippen molar-refractivity contribution in [2.45, 2.75) is 6.43 Å². The standard InChI is InChI=1S/C7H3F2IN2O3/c8-6(9)3-1-5(12(14)15)11-7(10)4(3)2-13/h1-2,6H. The van der Waals surface area contributed by atoms with E-state index in [1.54, 1.807) is 0 Å². The van der Waals surface area contributed by atoms with E-state index in [0.29, 0.717) is 6.07 Å². The van der Waals surface area contributed by atoms with E-state index in [1.807, 2.05) is 0 Å². The van der Waals surface area contributed by atoms with Crippen LogP contribution in [0.15, 0.2) is 6.07 Å². The van der Waals surface area contributed by atoms with Gasteiger partial charge in [-0.1, -0.05) is 0 Å². The zero-order valence-corrected chi connectivity index (χ0v) is 9.14. The number of alkyl halides is 2. The highest BCUT2D eigenvalue weighted by Crippen LogP contribution is 2.27. The third kappa shape index (κ3) is 2.43. The fourth-order valence-corrected chi connectivity index (χ4v) is 1.61. The number of hydrogen-bond donors (Lipinski definition) is 0. The number of carbonyl (C=O) groups is 1. The summed E-state index contributed by atoms with van der Waals surface area (Å²) in [6, 6.07) is 0.608. The minimum Gasteiger partial charge on any atom is -0.358 e. The molecular weight excluding hydrogens is 325 g/mol. The summed E-state index contributed by atoms with van der Waals surface area (Å²) in [4.78, 5) is 23.3. The fourth-order valence-electron chi connectivity index (χ4n) is 0.920. The van der Waals surface area contributed by atoms with Crippen LogP contribution in [0.5, 0.6) is 0 Å². The van der Waals surface area contributed by atoms with E-state index in [-0.39, 0.29) is 15.6 Å². The van der Waals surface area contributed by atoms with Crippen LogP contribution in [0.2, 0.25) is 0 Å². The highest BCUT2D eigenvalue weighted by molar-refractivity contribution is 14.1. The Morgan fingerprint density at radius 1 is 1.60 bits per heavy atom. The number of rotatable bonds is 3. The van der Waals surface area contributed by atoms with Gasteiger partial charge in [0.1, 0.15) is 0 Å². The lowest BCUT2D eigenvalue weighted by atomic mass is 10.1. The van der Waals surface area contributed by atoms with Crippen LogP contribution in [0.1, 0.15) is 22.3 Å². The number of nitro groups is 1. The Bertz CT molecular complexity index is 425. The summed E-state index contributed by atoms with van der Waals surface area (Å²) in [6.45, 7) is 0. The van der Waals surface area contributed by atoms with Gasteiger partial charge in [-0.05, 0) is 9.91 Å². The first kappa shape index (κ1) is 11.9. The smallest absolute Gasteiger partial charge is 0.358 e. The lowest BCUT2D eigenvalue weighted by molar-refractivity contribution is -0.389. The molecule has 0 saturated heterocycles. The number of carbonyl (C=O) groups excluding carboxylic acids is 1. The van der Waals surface area contributed by atoms with E-state index < -0.39 is 22.7 Å². The second kappa shape index (κ2) is 4.55. The van der Waals surface area contributed by atoms with Crippen molar-refractivity contribution >= 4 is 34.7 Å². The molecule has 1 heterocycles. The summed E-state index contributed by atoms with van der Waals surface area (Å²) in [7, 11) is 0. The number of nitrogens with zero attached hydrogens (tertiary/aromatic N) is 2. The van der Waals surface area contributed by atoms with Crippen molar-refractivity contribution in [1.29, 1.82) is 0 Å². The van der Waals surface area contributed by atoms with Crippen molar-refractivity contribution in [1.82, 2.24) is 4.98 Å². The molecular formula is C7H3F2IN2O3. The molecule has 0 fully saturated rings. The first-order valence-electron chi connectivity index (χ1n) is 3.55. The van der Waals surface area contributed by atoms with Gasteiger partial charge >= 0.3 is 5.82 Å². The van der Waals surface area contributed by atoms with Gasteiger partial charge in [-0.3, -0.25) is 4.79 Å². The Kier molecular flexibility index (Phi) is 3.61. The van der Waals surface area contributed by atoms with Crippen molar-refractivity contribution < 1.29 is 18.5 Å². The van der Waals surface area contributed by atoms with Crippen LogP contribution in [-0.4, -0.2) is 16.2 Å². The second-order valence-electron chi connectivity index (χ2n) is 2.45. The van der Waals surface area contributed by atoms with Gasteiger partial charge in [-0.15, -0.1) is 0 Å². The number of hydrogen-bond acceptors (Lipinski definition) is 4. The minimum absolute atomic E-state index is 0.105. The Balaban J connectivity index is 3.45. The predicted octanol–water partition coefficient (Wildman–Crippen LogP) is 2.34. The van der Waals surface area contributed by atoms with E-state index >= 15 is 0 Å². The average Bonchev–Trinajstić information content (AvgIpc) is 2.16. The third-order valence-electron chi connectivity index (χ3n) is 1.57. The van der Waals surface area contributed by atoms with Gasteiger partial charge in [0.15, 0.2) is 6.29 Å². The molecule has 0 N–H and O–H groups in total. The maximum Gasteiger partial charge on any atom is 0.365 e. The molecule has 80 valence electrons. The van der Waals surface area contributed by atoms with E-state index in [9.17, 15) is 23.7 Å². The van der Waals surface area contributed by atoms with Crippen molar-refractivity contribution in [2.24, 2.45) is 0 Å². The fraction of sp³-hybridized carbons (Fsp3) is 0.143. The predicted molar refractivity (Wildman–Crippen MR) is 54.0 cm³/mol. The van der Waals surface area contributed by atoms with Crippen molar-refractivity contribution in [3.05, 3.63) is 31.0 Å². The summed E-state index contributed by atoms with van der Waals surface area (Å²) >= 11 is 1.50. The molecule has 5 nitrogen and oxygen atoms in total. The van der Waals surface area contributed by atoms with Crippen molar-refractivity contribution in [3.8, 4) is 0 Å². The normalized spacial score (nSPS) is 10.4. The highest BCUT2D eigenvalue weighted by Gasteiger charge is 2.23. The summed E-state index contributed by atoms with van der Waals surface area (Å²) in [5.74, 6) is -0.694. The molecule has 0 radical (unpaired) electrons. The molecule has 0 aliphatic carbocycles. The molecule has 0 unspecified atom stereocenters. The van der Waals surface area contributed by atoms with Gasteiger partial charge in [-0.2, -0.15) is 0 Å². The molecule has 0 bridgehead atoms. The van der Waals surface area contributed by atoms with Crippen LogP contribution < -0.4 is 0 Å². The first-order chi connectivity index (χ1) is 6.97. The monoisotopic (exact) mass is 328 g/mol. The first-order valence-corrected chi connectivity index (χ1v) is 4.63. The average molecular weight is 328 g/mol. The van der Waals surface area contributed by atoms with E-state index in [0.717, 1.165) is 0 Å². The molecule has 0 amide bonds. The zero-order chi connectivity index (χ0) is 11.6. The Labute approximate surface area is 95.8 Å². The Hall–Kier alpha value is -1.19. The molecule has 1 rings (SSSR count). The Morgan fingerprint density at radius 3 is 2.60 bits per heavy atom. The van der Waals surface area contributed by atoms with Crippen LogP contribution in [0, 0.1) is 13.8 Å². The van der Waals surface area contributed by atoms with Gasteiger partial charge in [0, 0.05) is 34.2 Å². The van der Waals surface area contributed by atoms with Crippen LogP contribution >= 0.6 is 22.6 Å². The lowest BCUT2D eigenvalue weighted by Crippen LogP contribution is -2.03. The molecule has 0 aliphatic rings. The largest absolute Gasteiger partial charge is 0.365 e. The quantitative estimate of drug-likeness (QED) is 0.281. The zero-order valence-electron chi connectivity index (χ0n) is 6.99. The van der Waals surface area contributed by atoms with E-state index in [1.165, 1.54) is 22.6 Å². The van der Waals surface area contributed by atoms with Crippen LogP contribution in [0.3, 0.4) is 0 Å². The van der Waals surface area contributed by atoms with Gasteiger partial charge in [0.25, 0.3) is 6.43 Å². The molecule has 0 aromatic carbocycles. The van der Waals surface area contributed by atoms with Crippen molar-refractivity contribution in [3.63, 3.8) is 0 Å². The summed E-state index contributed by atoms with van der Waals surface area (Å²) < 4.78 is 24.7. The Morgan fingerprint density at radius 2 is 2.20 bits per heavy atom. The number of halogens is 3. The van der Waals surface area contributed by atoms with Gasteiger partial charge < -0.3 is 10.1 Å². The van der Waals surface area contributed by atoms with Gasteiger partial charge in [0.05, 0.1) is 5.56 Å². The topological polar surface area (TPSA) is 73.1 Å². The summed E-state index contributed by atoms with van der Waals surface area (Å²) in [6.07, 6.45) is -2.74. The summed E-state index contributed by atoms with van der Waals surface area (Å²) in [5, 5.41) is 10.3. The SMILES string of the molecule is O=Cc1c(C(F)F)cc([N+](=O)[O-])nc1I. The molecule has 15 heavy (non-hydrogen) atoms. The third-order valence-corrected chi connectivity index (χ3v) is 2.39. The molecule has 0 aliphatic heterocycles. The lowest BCUT2D eigenvalue weighted by Gasteiger charge is -2.02. The van der Waals surface area contributed by atoms with Crippen molar-refractivity contribution in [2.75, 3.05) is 0 Å². The second-order valence-corrected chi connectivity index (χ2v) is 3.47. The molecule has 1 aromatic rings. The number of aldehydes is 1. The van der Waals surface area contributed by atoms with Gasteiger partial charge in [-0.25, -0.2) is 8.78 Å². The maximum absolute atomic E-state index is 12.4. The number of pyridine rings is 1. The molecule has 1 aromatic heterocycles. The maximum atomic E-state index is 12.4. The minimum atomic E-state index is -2.94. The molecule has 8 heteroatoms. The van der Waals surface area contributed by atoms with E-state index in [2.05, 4.69) is 4.98 Å². The molecule has 0 saturated carbocycles. The van der Waals surface area contributed by atoms with Crippen LogP contribution in [0.4, 0.5) is 14.6 Å². The van der Waals surface area contributed by atoms with Crippen LogP contribution in [-0.2, 0) is 0 Å². The summed E-state index contributed by atoms with van der Waals surface area (Å²) in [5.41, 5.74) is -0.979. The molecule has 0 spiro atoms. The van der Waals surface area contributed by atoms with E-state index in [4.69, 9.17) is 0 Å².